The fourth-order valence-electron chi connectivity index (χ4n) is 0.490. The van der Waals surface area contributed by atoms with E-state index in [0.717, 1.165) is 0 Å². The van der Waals surface area contributed by atoms with Crippen molar-refractivity contribution in [2.24, 2.45) is 0 Å². The van der Waals surface area contributed by atoms with Gasteiger partial charge in [-0.15, -0.1) is 0 Å². The summed E-state index contributed by atoms with van der Waals surface area (Å²) in [6.07, 6.45) is 1.50. The van der Waals surface area contributed by atoms with Crippen LogP contribution < -0.4 is 0 Å². The zero-order valence-corrected chi connectivity index (χ0v) is 6.14. The van der Waals surface area contributed by atoms with Crippen molar-refractivity contribution in [2.45, 2.75) is 13.0 Å². The summed E-state index contributed by atoms with van der Waals surface area (Å²) >= 11 is 0. The molecule has 0 N–H and O–H groups in total. The Morgan fingerprint density at radius 2 is 2.67 bits per heavy atom. The minimum absolute atomic E-state index is 0.163. The van der Waals surface area contributed by atoms with E-state index in [9.17, 15) is 0 Å². The zero-order valence-electron chi connectivity index (χ0n) is 5.24. The van der Waals surface area contributed by atoms with Gasteiger partial charge in [-0.25, -0.2) is 0 Å². The fraction of sp³-hybridized carbons (Fsp3) is 0.600. The highest BCUT2D eigenvalue weighted by molar-refractivity contribution is 7.42. The van der Waals surface area contributed by atoms with Gasteiger partial charge in [0, 0.05) is 0 Å². The molecule has 0 radical (unpaired) electrons. The van der Waals surface area contributed by atoms with Crippen LogP contribution in [0.5, 0.6) is 0 Å². The molecule has 0 amide bonds. The maximum atomic E-state index is 5.15. The smallest absolute Gasteiger partial charge is 0.397 e. The maximum absolute atomic E-state index is 5.15. The van der Waals surface area contributed by atoms with E-state index in [-0.39, 0.29) is 6.10 Å². The number of rotatable bonds is 2. The fourth-order valence-corrected chi connectivity index (χ4v) is 1.47. The lowest BCUT2D eigenvalue weighted by atomic mass is 10.5. The molecule has 0 aromatic rings. The first kappa shape index (κ1) is 7.00. The summed E-state index contributed by atoms with van der Waals surface area (Å²) in [5.74, 6) is 0. The predicted octanol–water partition coefficient (Wildman–Crippen LogP) is 1.81. The average molecular weight is 148 g/mol. The van der Waals surface area contributed by atoms with Gasteiger partial charge in [0.25, 0.3) is 0 Å². The van der Waals surface area contributed by atoms with Gasteiger partial charge in [-0.2, -0.15) is 0 Å². The monoisotopic (exact) mass is 148 g/mol. The van der Waals surface area contributed by atoms with Gasteiger partial charge in [-0.05, 0) is 6.92 Å². The maximum Gasteiger partial charge on any atom is 0.397 e. The van der Waals surface area contributed by atoms with E-state index in [2.05, 4.69) is 6.58 Å². The first-order chi connectivity index (χ1) is 4.33. The number of hydrogen-bond acceptors (Lipinski definition) is 3. The van der Waals surface area contributed by atoms with Crippen molar-refractivity contribution in [1.82, 2.24) is 0 Å². The summed E-state index contributed by atoms with van der Waals surface area (Å²) in [6.45, 7) is 5.95. The molecule has 2 atom stereocenters. The molecule has 52 valence electrons. The highest BCUT2D eigenvalue weighted by atomic mass is 31.2. The van der Waals surface area contributed by atoms with Crippen molar-refractivity contribution in [2.75, 3.05) is 6.61 Å². The van der Waals surface area contributed by atoms with E-state index >= 15 is 0 Å². The Hall–Kier alpha value is -0.110. The zero-order chi connectivity index (χ0) is 6.69. The SMILES string of the molecule is C=COP1OCC(C)O1. The Labute approximate surface area is 55.6 Å². The Morgan fingerprint density at radius 3 is 3.11 bits per heavy atom. The molecule has 1 aliphatic heterocycles. The molecule has 1 heterocycles. The van der Waals surface area contributed by atoms with Crippen LogP contribution in [0.2, 0.25) is 0 Å². The van der Waals surface area contributed by atoms with E-state index in [1.54, 1.807) is 0 Å². The van der Waals surface area contributed by atoms with Gasteiger partial charge >= 0.3 is 8.60 Å². The predicted molar refractivity (Wildman–Crippen MR) is 34.7 cm³/mol. The van der Waals surface area contributed by atoms with Crippen LogP contribution in [0.25, 0.3) is 0 Å². The quantitative estimate of drug-likeness (QED) is 0.441. The summed E-state index contributed by atoms with van der Waals surface area (Å²) < 4.78 is 15.1. The molecule has 9 heavy (non-hydrogen) atoms. The number of hydrogen-bond donors (Lipinski definition) is 0. The van der Waals surface area contributed by atoms with Gasteiger partial charge in [0.1, 0.15) is 0 Å². The van der Waals surface area contributed by atoms with Crippen molar-refractivity contribution in [3.05, 3.63) is 12.8 Å². The molecule has 0 aromatic carbocycles. The molecular formula is C5H9O3P. The Kier molecular flexibility index (Phi) is 2.46. The lowest BCUT2D eigenvalue weighted by Crippen LogP contribution is -1.99. The molecule has 1 saturated heterocycles. The minimum atomic E-state index is -1.10. The Bertz CT molecular complexity index is 106. The standard InChI is InChI=1S/C5H9O3P/c1-3-6-9-7-4-5(2)8-9/h3,5H,1,4H2,2H3. The van der Waals surface area contributed by atoms with Gasteiger partial charge in [-0.1, -0.05) is 6.58 Å². The van der Waals surface area contributed by atoms with Crippen LogP contribution in [0.3, 0.4) is 0 Å². The lowest BCUT2D eigenvalue weighted by molar-refractivity contribution is 0.253. The van der Waals surface area contributed by atoms with Crippen molar-refractivity contribution in [3.63, 3.8) is 0 Å². The van der Waals surface area contributed by atoms with Crippen molar-refractivity contribution < 1.29 is 13.6 Å². The third-order valence-corrected chi connectivity index (χ3v) is 2.05. The van der Waals surface area contributed by atoms with Gasteiger partial charge in [0.2, 0.25) is 0 Å². The van der Waals surface area contributed by atoms with Crippen LogP contribution in [-0.2, 0) is 13.6 Å². The van der Waals surface area contributed by atoms with Crippen molar-refractivity contribution >= 4 is 8.60 Å². The molecule has 0 bridgehead atoms. The molecule has 4 heteroatoms. The Morgan fingerprint density at radius 1 is 1.89 bits per heavy atom. The first-order valence-corrected chi connectivity index (χ1v) is 3.80. The lowest BCUT2D eigenvalue weighted by Gasteiger charge is -2.03. The van der Waals surface area contributed by atoms with Crippen LogP contribution >= 0.6 is 8.60 Å². The van der Waals surface area contributed by atoms with E-state index in [4.69, 9.17) is 13.6 Å². The molecule has 2 unspecified atom stereocenters. The summed E-state index contributed by atoms with van der Waals surface area (Å²) in [4.78, 5) is 0. The molecule has 1 aliphatic rings. The largest absolute Gasteiger partial charge is 0.435 e. The summed E-state index contributed by atoms with van der Waals surface area (Å²) in [5, 5.41) is 0. The molecule has 0 aromatic heterocycles. The molecule has 1 fully saturated rings. The highest BCUT2D eigenvalue weighted by Gasteiger charge is 2.25. The van der Waals surface area contributed by atoms with Gasteiger partial charge in [-0.3, -0.25) is 9.05 Å². The summed E-state index contributed by atoms with van der Waals surface area (Å²) in [7, 11) is -1.10. The molecule has 0 saturated carbocycles. The second-order valence-corrected chi connectivity index (χ2v) is 2.83. The third kappa shape index (κ3) is 1.94. The normalized spacial score (nSPS) is 34.3. The van der Waals surface area contributed by atoms with E-state index in [1.165, 1.54) is 6.26 Å². The van der Waals surface area contributed by atoms with E-state index < -0.39 is 8.60 Å². The van der Waals surface area contributed by atoms with Gasteiger partial charge in [0.05, 0.1) is 19.0 Å². The van der Waals surface area contributed by atoms with Crippen LogP contribution in [0.1, 0.15) is 6.92 Å². The molecule has 3 nitrogen and oxygen atoms in total. The molecule has 0 aliphatic carbocycles. The van der Waals surface area contributed by atoms with Crippen molar-refractivity contribution in [1.29, 1.82) is 0 Å². The van der Waals surface area contributed by atoms with E-state index in [0.29, 0.717) is 6.61 Å². The van der Waals surface area contributed by atoms with Crippen molar-refractivity contribution in [3.8, 4) is 0 Å². The Balaban J connectivity index is 2.21. The van der Waals surface area contributed by atoms with E-state index in [1.807, 2.05) is 6.92 Å². The molecular weight excluding hydrogens is 139 g/mol. The highest BCUT2D eigenvalue weighted by Crippen LogP contribution is 2.46. The van der Waals surface area contributed by atoms with Crippen LogP contribution in [-0.4, -0.2) is 12.7 Å². The van der Waals surface area contributed by atoms with Crippen LogP contribution in [0.4, 0.5) is 0 Å². The van der Waals surface area contributed by atoms with Crippen LogP contribution in [0, 0.1) is 0 Å². The second-order valence-electron chi connectivity index (χ2n) is 1.71. The molecule has 0 spiro atoms. The summed E-state index contributed by atoms with van der Waals surface area (Å²) in [5.41, 5.74) is 0. The second kappa shape index (κ2) is 3.16. The summed E-state index contributed by atoms with van der Waals surface area (Å²) in [6, 6.07) is 0. The topological polar surface area (TPSA) is 27.7 Å². The van der Waals surface area contributed by atoms with Gasteiger partial charge in [0.15, 0.2) is 0 Å². The van der Waals surface area contributed by atoms with Crippen LogP contribution in [0.15, 0.2) is 12.8 Å². The minimum Gasteiger partial charge on any atom is -0.435 e. The third-order valence-electron chi connectivity index (χ3n) is 0.841. The average Bonchev–Trinajstić information content (AvgIpc) is 2.17. The molecule has 1 rings (SSSR count). The first-order valence-electron chi connectivity index (χ1n) is 2.70. The van der Waals surface area contributed by atoms with Gasteiger partial charge < -0.3 is 4.52 Å².